The summed E-state index contributed by atoms with van der Waals surface area (Å²) in [5.41, 5.74) is 2.59. The predicted octanol–water partition coefficient (Wildman–Crippen LogP) is 2.32. The average molecular weight is 493 g/mol. The van der Waals surface area contributed by atoms with Crippen molar-refractivity contribution >= 4 is 28.5 Å². The van der Waals surface area contributed by atoms with Crippen molar-refractivity contribution in [2.24, 2.45) is 0 Å². The lowest BCUT2D eigenvalue weighted by atomic mass is 10.1. The van der Waals surface area contributed by atoms with Crippen LogP contribution in [0.2, 0.25) is 0 Å². The Hall–Kier alpha value is -2.92. The molecule has 10 heteroatoms. The zero-order valence-electron chi connectivity index (χ0n) is 21.0. The molecule has 36 heavy (non-hydrogen) atoms. The number of piperidine rings is 1. The molecule has 0 aliphatic carbocycles. The fraction of sp³-hybridized carbons (Fsp3) is 0.538. The lowest BCUT2D eigenvalue weighted by Gasteiger charge is -2.34. The van der Waals surface area contributed by atoms with E-state index in [0.717, 1.165) is 87.5 Å². The molecule has 0 radical (unpaired) electrons. The van der Waals surface area contributed by atoms with E-state index in [2.05, 4.69) is 36.1 Å². The van der Waals surface area contributed by atoms with Crippen LogP contribution in [0.4, 0.5) is 17.6 Å². The van der Waals surface area contributed by atoms with E-state index >= 15 is 0 Å². The summed E-state index contributed by atoms with van der Waals surface area (Å²) >= 11 is 0. The maximum absolute atomic E-state index is 10.2. The third-order valence-electron chi connectivity index (χ3n) is 7.00. The molecule has 3 N–H and O–H groups in total. The highest BCUT2D eigenvalue weighted by Crippen LogP contribution is 2.29. The number of anilines is 3. The molecule has 2 saturated heterocycles. The zero-order valence-corrected chi connectivity index (χ0v) is 21.0. The molecule has 0 saturated carbocycles. The van der Waals surface area contributed by atoms with Gasteiger partial charge < -0.3 is 20.4 Å². The normalized spacial score (nSPS) is 18.5. The summed E-state index contributed by atoms with van der Waals surface area (Å²) in [4.78, 5) is 25.7. The van der Waals surface area contributed by atoms with Crippen LogP contribution in [0, 0.1) is 0 Å². The molecule has 2 aliphatic heterocycles. The van der Waals surface area contributed by atoms with Gasteiger partial charge in [0.1, 0.15) is 11.3 Å². The van der Waals surface area contributed by atoms with Gasteiger partial charge in [-0.05, 0) is 43.9 Å². The average Bonchev–Trinajstić information content (AvgIpc) is 2.91. The summed E-state index contributed by atoms with van der Waals surface area (Å²) in [6, 6.07) is 5.92. The van der Waals surface area contributed by atoms with Crippen LogP contribution in [0.25, 0.3) is 10.9 Å². The summed E-state index contributed by atoms with van der Waals surface area (Å²) in [6.07, 6.45) is 6.53. The number of aromatic nitrogens is 4. The molecule has 0 amide bonds. The highest BCUT2D eigenvalue weighted by Gasteiger charge is 2.20. The van der Waals surface area contributed by atoms with Crippen molar-refractivity contribution in [3.05, 3.63) is 41.9 Å². The smallest absolute Gasteiger partial charge is 0.229 e. The minimum absolute atomic E-state index is 0.221. The number of nitrogens with one attached hydrogen (secondary N) is 1. The molecule has 192 valence electrons. The quantitative estimate of drug-likeness (QED) is 0.433. The molecule has 10 nitrogen and oxygen atoms in total. The van der Waals surface area contributed by atoms with Gasteiger partial charge in [0, 0.05) is 70.1 Å². The van der Waals surface area contributed by atoms with Gasteiger partial charge in [-0.25, -0.2) is 19.9 Å². The molecule has 1 atom stereocenters. The summed E-state index contributed by atoms with van der Waals surface area (Å²) < 4.78 is 0. The van der Waals surface area contributed by atoms with Gasteiger partial charge in [0.2, 0.25) is 5.95 Å². The maximum atomic E-state index is 10.2. The molecule has 2 fully saturated rings. The third-order valence-corrected chi connectivity index (χ3v) is 7.00. The van der Waals surface area contributed by atoms with Gasteiger partial charge in [0.05, 0.1) is 18.4 Å². The maximum Gasteiger partial charge on any atom is 0.229 e. The number of aliphatic hydroxyl groups is 2. The standard InChI is InChI=1S/C26H36N8O2/c1-19(36)22-15-21-17-28-26(31-24(21)25(29-22)34-7-3-2-4-8-34)30-23-6-5-20(16-27-23)18-33-11-9-32(10-12-33)13-14-35/h5-6,15-17,19,35-36H,2-4,7-14,18H2,1H3,(H,27,28,30,31). The van der Waals surface area contributed by atoms with Crippen molar-refractivity contribution in [2.45, 2.75) is 38.8 Å². The summed E-state index contributed by atoms with van der Waals surface area (Å²) in [5, 5.41) is 23.4. The van der Waals surface area contributed by atoms with E-state index in [1.54, 1.807) is 13.1 Å². The fourth-order valence-corrected chi connectivity index (χ4v) is 4.92. The lowest BCUT2D eigenvalue weighted by Crippen LogP contribution is -2.46. The minimum atomic E-state index is -0.650. The first kappa shape index (κ1) is 24.8. The summed E-state index contributed by atoms with van der Waals surface area (Å²) in [5.74, 6) is 1.99. The van der Waals surface area contributed by atoms with Gasteiger partial charge in [0.25, 0.3) is 0 Å². The Labute approximate surface area is 212 Å². The highest BCUT2D eigenvalue weighted by molar-refractivity contribution is 5.89. The summed E-state index contributed by atoms with van der Waals surface area (Å²) in [6.45, 7) is 9.42. The number of nitrogens with zero attached hydrogens (tertiary/aromatic N) is 7. The van der Waals surface area contributed by atoms with E-state index < -0.39 is 6.10 Å². The molecule has 0 aromatic carbocycles. The summed E-state index contributed by atoms with van der Waals surface area (Å²) in [7, 11) is 0. The van der Waals surface area contributed by atoms with Crippen LogP contribution in [0.5, 0.6) is 0 Å². The van der Waals surface area contributed by atoms with E-state index in [1.807, 2.05) is 18.3 Å². The second kappa shape index (κ2) is 11.4. The van der Waals surface area contributed by atoms with Gasteiger partial charge >= 0.3 is 0 Å². The van der Waals surface area contributed by atoms with Gasteiger partial charge in [-0.1, -0.05) is 6.07 Å². The van der Waals surface area contributed by atoms with E-state index in [0.29, 0.717) is 17.5 Å². The molecule has 1 unspecified atom stereocenters. The van der Waals surface area contributed by atoms with Crippen molar-refractivity contribution in [3.63, 3.8) is 0 Å². The Bertz CT molecular complexity index is 1140. The van der Waals surface area contributed by atoms with Crippen molar-refractivity contribution < 1.29 is 10.2 Å². The first-order valence-electron chi connectivity index (χ1n) is 13.0. The Morgan fingerprint density at radius 2 is 1.72 bits per heavy atom. The number of aliphatic hydroxyl groups excluding tert-OH is 2. The molecule has 2 aliphatic rings. The van der Waals surface area contributed by atoms with Gasteiger partial charge in [-0.3, -0.25) is 9.80 Å². The van der Waals surface area contributed by atoms with E-state index in [1.165, 1.54) is 6.42 Å². The van der Waals surface area contributed by atoms with E-state index in [4.69, 9.17) is 15.1 Å². The van der Waals surface area contributed by atoms with Crippen molar-refractivity contribution in [1.29, 1.82) is 0 Å². The van der Waals surface area contributed by atoms with Gasteiger partial charge in [0.15, 0.2) is 5.82 Å². The largest absolute Gasteiger partial charge is 0.395 e. The van der Waals surface area contributed by atoms with Crippen molar-refractivity contribution in [1.82, 2.24) is 29.7 Å². The second-order valence-electron chi connectivity index (χ2n) is 9.74. The van der Waals surface area contributed by atoms with Gasteiger partial charge in [-0.2, -0.15) is 0 Å². The Morgan fingerprint density at radius 3 is 2.42 bits per heavy atom. The Kier molecular flexibility index (Phi) is 7.86. The van der Waals surface area contributed by atoms with Crippen LogP contribution >= 0.6 is 0 Å². The van der Waals surface area contributed by atoms with Crippen LogP contribution < -0.4 is 10.2 Å². The number of rotatable bonds is 8. The van der Waals surface area contributed by atoms with Gasteiger partial charge in [-0.15, -0.1) is 0 Å². The molecular formula is C26H36N8O2. The Morgan fingerprint density at radius 1 is 0.944 bits per heavy atom. The molecule has 5 heterocycles. The predicted molar refractivity (Wildman–Crippen MR) is 140 cm³/mol. The van der Waals surface area contributed by atoms with Crippen LogP contribution in [0.1, 0.15) is 43.5 Å². The molecule has 5 rings (SSSR count). The van der Waals surface area contributed by atoms with Crippen LogP contribution in [0.3, 0.4) is 0 Å². The number of β-amino-alcohol motifs (C(OH)–C–C–N with tert-alkyl or cyclic N) is 1. The molecule has 3 aromatic heterocycles. The number of piperazine rings is 1. The fourth-order valence-electron chi connectivity index (χ4n) is 4.92. The number of hydrogen-bond acceptors (Lipinski definition) is 10. The number of fused-ring (bicyclic) bond motifs is 1. The van der Waals surface area contributed by atoms with Crippen molar-refractivity contribution in [2.75, 3.05) is 62.6 Å². The minimum Gasteiger partial charge on any atom is -0.395 e. The topological polar surface area (TPSA) is 114 Å². The van der Waals surface area contributed by atoms with E-state index in [-0.39, 0.29) is 6.61 Å². The molecular weight excluding hydrogens is 456 g/mol. The van der Waals surface area contributed by atoms with Crippen LogP contribution in [0.15, 0.2) is 30.6 Å². The van der Waals surface area contributed by atoms with Crippen LogP contribution in [-0.2, 0) is 6.54 Å². The number of hydrogen-bond donors (Lipinski definition) is 3. The first-order valence-corrected chi connectivity index (χ1v) is 13.0. The Balaban J connectivity index is 1.29. The molecule has 0 spiro atoms. The highest BCUT2D eigenvalue weighted by atomic mass is 16.3. The second-order valence-corrected chi connectivity index (χ2v) is 9.74. The lowest BCUT2D eigenvalue weighted by molar-refractivity contribution is 0.108. The van der Waals surface area contributed by atoms with E-state index in [9.17, 15) is 5.11 Å². The SMILES string of the molecule is CC(O)c1cc2cnc(Nc3ccc(CN4CCN(CCO)CC4)cn3)nc2c(N2CCCCC2)n1. The monoisotopic (exact) mass is 492 g/mol. The third kappa shape index (κ3) is 5.89. The molecule has 3 aromatic rings. The van der Waals surface area contributed by atoms with Crippen molar-refractivity contribution in [3.8, 4) is 0 Å². The van der Waals surface area contributed by atoms with Crippen LogP contribution in [-0.4, -0.2) is 92.4 Å². The first-order chi connectivity index (χ1) is 17.6. The number of pyridine rings is 2. The molecule has 0 bridgehead atoms. The zero-order chi connectivity index (χ0) is 24.9.